The van der Waals surface area contributed by atoms with E-state index in [1.165, 1.54) is 36.0 Å². The molecule has 1 atom stereocenters. The molecule has 0 radical (unpaired) electrons. The van der Waals surface area contributed by atoms with Crippen molar-refractivity contribution in [2.45, 2.75) is 47.5 Å². The first-order valence-corrected chi connectivity index (χ1v) is 10.9. The lowest BCUT2D eigenvalue weighted by Gasteiger charge is -2.13. The van der Waals surface area contributed by atoms with E-state index in [0.29, 0.717) is 23.3 Å². The number of rotatable bonds is 8. The number of aromatic nitrogens is 3. The van der Waals surface area contributed by atoms with E-state index in [-0.39, 0.29) is 10.8 Å². The number of nitrogens with zero attached hydrogens (tertiary/aromatic N) is 3. The third kappa shape index (κ3) is 4.76. The quantitative estimate of drug-likeness (QED) is 0.511. The van der Waals surface area contributed by atoms with E-state index in [1.54, 1.807) is 13.0 Å². The number of hydrogen-bond donors (Lipinski definition) is 2. The standard InChI is InChI=1S/C17H21N5O3S2/c1-3-10-22-15(12-4-5-12)20-21-17(22)26-11(2)16(23)19-13-6-8-14(9-7-13)27(18,24)25/h3,6-9,11-12H,1,4-5,10H2,2H3,(H,19,23)(H2,18,24,25). The summed E-state index contributed by atoms with van der Waals surface area (Å²) < 4.78 is 24.6. The van der Waals surface area contributed by atoms with Crippen molar-refractivity contribution in [2.24, 2.45) is 5.14 Å². The minimum Gasteiger partial charge on any atom is -0.325 e. The number of benzene rings is 1. The number of carbonyl (C=O) groups is 1. The minimum absolute atomic E-state index is 0.00643. The SMILES string of the molecule is C=CCn1c(SC(C)C(=O)Nc2ccc(S(N)(=O)=O)cc2)nnc1C1CC1. The van der Waals surface area contributed by atoms with Crippen LogP contribution in [-0.4, -0.2) is 34.3 Å². The largest absolute Gasteiger partial charge is 0.325 e. The highest BCUT2D eigenvalue weighted by molar-refractivity contribution is 8.00. The van der Waals surface area contributed by atoms with Crippen LogP contribution in [0.2, 0.25) is 0 Å². The Kier molecular flexibility index (Phi) is 5.68. The molecule has 0 bridgehead atoms. The summed E-state index contributed by atoms with van der Waals surface area (Å²) in [5.41, 5.74) is 0.492. The summed E-state index contributed by atoms with van der Waals surface area (Å²) in [5.74, 6) is 1.18. The van der Waals surface area contributed by atoms with Crippen LogP contribution in [0.5, 0.6) is 0 Å². The highest BCUT2D eigenvalue weighted by Crippen LogP contribution is 2.40. The second kappa shape index (κ2) is 7.83. The first kappa shape index (κ1) is 19.6. The number of primary sulfonamides is 1. The van der Waals surface area contributed by atoms with Gasteiger partial charge in [0.25, 0.3) is 0 Å². The Labute approximate surface area is 162 Å². The van der Waals surface area contributed by atoms with Crippen LogP contribution >= 0.6 is 11.8 Å². The number of sulfonamides is 1. The average Bonchev–Trinajstić information content (AvgIpc) is 3.38. The van der Waals surface area contributed by atoms with Gasteiger partial charge in [0.15, 0.2) is 5.16 Å². The fourth-order valence-electron chi connectivity index (χ4n) is 2.51. The molecule has 0 aliphatic heterocycles. The second-order valence-corrected chi connectivity index (χ2v) is 9.20. The molecule has 0 spiro atoms. The van der Waals surface area contributed by atoms with Crippen molar-refractivity contribution in [3.63, 3.8) is 0 Å². The first-order valence-electron chi connectivity index (χ1n) is 8.44. The van der Waals surface area contributed by atoms with Crippen molar-refractivity contribution in [2.75, 3.05) is 5.32 Å². The molecule has 3 N–H and O–H groups in total. The molecule has 1 aromatic heterocycles. The van der Waals surface area contributed by atoms with E-state index in [1.807, 2.05) is 4.57 Å². The van der Waals surface area contributed by atoms with Crippen LogP contribution in [0.15, 0.2) is 47.0 Å². The summed E-state index contributed by atoms with van der Waals surface area (Å²) in [6, 6.07) is 5.71. The van der Waals surface area contributed by atoms with Crippen molar-refractivity contribution in [1.29, 1.82) is 0 Å². The topological polar surface area (TPSA) is 120 Å². The third-order valence-corrected chi connectivity index (χ3v) is 6.11. The van der Waals surface area contributed by atoms with Gasteiger partial charge in [-0.25, -0.2) is 13.6 Å². The Balaban J connectivity index is 1.66. The zero-order valence-electron chi connectivity index (χ0n) is 14.8. The molecule has 1 heterocycles. The van der Waals surface area contributed by atoms with Crippen LogP contribution in [0.1, 0.15) is 31.5 Å². The lowest BCUT2D eigenvalue weighted by molar-refractivity contribution is -0.115. The maximum absolute atomic E-state index is 12.5. The van der Waals surface area contributed by atoms with E-state index >= 15 is 0 Å². The predicted molar refractivity (Wildman–Crippen MR) is 104 cm³/mol. The number of amides is 1. The van der Waals surface area contributed by atoms with Gasteiger partial charge in [-0.1, -0.05) is 17.8 Å². The molecule has 0 saturated heterocycles. The van der Waals surface area contributed by atoms with E-state index in [0.717, 1.165) is 18.7 Å². The van der Waals surface area contributed by atoms with Crippen molar-refractivity contribution in [3.8, 4) is 0 Å². The highest BCUT2D eigenvalue weighted by Gasteiger charge is 2.31. The molecule has 1 saturated carbocycles. The fourth-order valence-corrected chi connectivity index (χ4v) is 3.90. The molecule has 144 valence electrons. The van der Waals surface area contributed by atoms with Crippen molar-refractivity contribution in [1.82, 2.24) is 14.8 Å². The zero-order chi connectivity index (χ0) is 19.6. The van der Waals surface area contributed by atoms with Gasteiger partial charge < -0.3 is 9.88 Å². The van der Waals surface area contributed by atoms with E-state index in [9.17, 15) is 13.2 Å². The molecule has 1 aromatic carbocycles. The second-order valence-electron chi connectivity index (χ2n) is 6.33. The van der Waals surface area contributed by atoms with Gasteiger partial charge in [-0.15, -0.1) is 16.8 Å². The Morgan fingerprint density at radius 2 is 2.07 bits per heavy atom. The lowest BCUT2D eigenvalue weighted by atomic mass is 10.3. The lowest BCUT2D eigenvalue weighted by Crippen LogP contribution is -2.23. The smallest absolute Gasteiger partial charge is 0.238 e. The number of hydrogen-bond acceptors (Lipinski definition) is 6. The molecule has 27 heavy (non-hydrogen) atoms. The maximum Gasteiger partial charge on any atom is 0.238 e. The van der Waals surface area contributed by atoms with Gasteiger partial charge >= 0.3 is 0 Å². The van der Waals surface area contributed by atoms with Gasteiger partial charge in [0, 0.05) is 18.2 Å². The van der Waals surface area contributed by atoms with Gasteiger partial charge in [-0.05, 0) is 44.0 Å². The number of nitrogens with one attached hydrogen (secondary N) is 1. The van der Waals surface area contributed by atoms with Crippen molar-refractivity contribution < 1.29 is 13.2 Å². The van der Waals surface area contributed by atoms with Gasteiger partial charge in [0.1, 0.15) is 5.82 Å². The predicted octanol–water partition coefficient (Wildman–Crippen LogP) is 2.11. The Morgan fingerprint density at radius 3 is 2.63 bits per heavy atom. The molecule has 3 rings (SSSR count). The Hall–Kier alpha value is -2.17. The Bertz CT molecular complexity index is 949. The summed E-state index contributed by atoms with van der Waals surface area (Å²) >= 11 is 1.32. The highest BCUT2D eigenvalue weighted by atomic mass is 32.2. The molecule has 1 aliphatic carbocycles. The van der Waals surface area contributed by atoms with Gasteiger partial charge in [-0.3, -0.25) is 4.79 Å². The minimum atomic E-state index is -3.76. The summed E-state index contributed by atoms with van der Waals surface area (Å²) in [6.07, 6.45) is 4.02. The van der Waals surface area contributed by atoms with Crippen LogP contribution < -0.4 is 10.5 Å². The monoisotopic (exact) mass is 407 g/mol. The van der Waals surface area contributed by atoms with Crippen LogP contribution in [0, 0.1) is 0 Å². The molecule has 8 nitrogen and oxygen atoms in total. The summed E-state index contributed by atoms with van der Waals surface area (Å²) in [5, 5.41) is 16.6. The van der Waals surface area contributed by atoms with Crippen LogP contribution in [-0.2, 0) is 21.4 Å². The van der Waals surface area contributed by atoms with Crippen molar-refractivity contribution >= 4 is 33.4 Å². The van der Waals surface area contributed by atoms with E-state index in [2.05, 4.69) is 22.1 Å². The first-order chi connectivity index (χ1) is 12.8. The van der Waals surface area contributed by atoms with Crippen molar-refractivity contribution in [3.05, 3.63) is 42.7 Å². The van der Waals surface area contributed by atoms with Crippen LogP contribution in [0.25, 0.3) is 0 Å². The van der Waals surface area contributed by atoms with Crippen LogP contribution in [0.4, 0.5) is 5.69 Å². The number of carbonyl (C=O) groups excluding carboxylic acids is 1. The molecular formula is C17H21N5O3S2. The van der Waals surface area contributed by atoms with Crippen LogP contribution in [0.3, 0.4) is 0 Å². The summed E-state index contributed by atoms with van der Waals surface area (Å²) in [7, 11) is -3.76. The summed E-state index contributed by atoms with van der Waals surface area (Å²) in [4.78, 5) is 12.5. The summed E-state index contributed by atoms with van der Waals surface area (Å²) in [6.45, 7) is 6.16. The number of anilines is 1. The maximum atomic E-state index is 12.5. The van der Waals surface area contributed by atoms with E-state index in [4.69, 9.17) is 5.14 Å². The molecule has 1 amide bonds. The normalized spacial score (nSPS) is 15.3. The zero-order valence-corrected chi connectivity index (χ0v) is 16.5. The third-order valence-electron chi connectivity index (χ3n) is 4.10. The molecular weight excluding hydrogens is 386 g/mol. The molecule has 1 fully saturated rings. The van der Waals surface area contributed by atoms with Gasteiger partial charge in [0.2, 0.25) is 15.9 Å². The fraction of sp³-hybridized carbons (Fsp3) is 0.353. The van der Waals surface area contributed by atoms with E-state index < -0.39 is 15.3 Å². The number of nitrogens with two attached hydrogens (primary N) is 1. The average molecular weight is 408 g/mol. The number of thioether (sulfide) groups is 1. The Morgan fingerprint density at radius 1 is 1.41 bits per heavy atom. The molecule has 1 aliphatic rings. The molecule has 1 unspecified atom stereocenters. The number of allylic oxidation sites excluding steroid dienone is 1. The molecule has 10 heteroatoms. The van der Waals surface area contributed by atoms with Gasteiger partial charge in [-0.2, -0.15) is 0 Å². The molecule has 2 aromatic rings. The van der Waals surface area contributed by atoms with Gasteiger partial charge in [0.05, 0.1) is 10.1 Å².